The Morgan fingerprint density at radius 2 is 1.79 bits per heavy atom. The van der Waals surface area contributed by atoms with Crippen molar-refractivity contribution < 1.29 is 23.9 Å². The minimum absolute atomic E-state index is 0.0888. The van der Waals surface area contributed by atoms with E-state index in [1.807, 2.05) is 32.1 Å². The molecule has 1 aliphatic rings. The van der Waals surface area contributed by atoms with E-state index in [1.165, 1.54) is 10.6 Å². The van der Waals surface area contributed by atoms with Crippen molar-refractivity contribution in [3.05, 3.63) is 53.6 Å². The molecule has 0 bridgehead atoms. The fraction of sp³-hybridized carbons (Fsp3) is 0.484. The molecule has 12 heteroatoms. The van der Waals surface area contributed by atoms with Crippen molar-refractivity contribution in [1.82, 2.24) is 21.1 Å². The van der Waals surface area contributed by atoms with Crippen molar-refractivity contribution in [3.63, 3.8) is 0 Å². The molecule has 1 fully saturated rings. The number of benzene rings is 2. The van der Waals surface area contributed by atoms with Crippen LogP contribution in [-0.2, 0) is 30.3 Å². The van der Waals surface area contributed by atoms with Gasteiger partial charge in [-0.1, -0.05) is 98.1 Å². The highest BCUT2D eigenvalue weighted by atomic mass is 35.6. The highest BCUT2D eigenvalue weighted by Gasteiger charge is 2.34. The summed E-state index contributed by atoms with van der Waals surface area (Å²) in [4.78, 5) is 51.2. The smallest absolute Gasteiger partial charge is 0.325 e. The highest BCUT2D eigenvalue weighted by Crippen LogP contribution is 2.26. The highest BCUT2D eigenvalue weighted by molar-refractivity contribution is 6.67. The van der Waals surface area contributed by atoms with E-state index in [4.69, 9.17) is 39.5 Å². The molecule has 234 valence electrons. The van der Waals surface area contributed by atoms with Crippen LogP contribution in [0.4, 0.5) is 0 Å². The number of aryl methyl sites for hydroxylation is 1. The predicted octanol–water partition coefficient (Wildman–Crippen LogP) is 4.86. The number of hydrogen-bond acceptors (Lipinski definition) is 6. The molecule has 0 aromatic heterocycles. The molecule has 0 saturated carbocycles. The van der Waals surface area contributed by atoms with Crippen LogP contribution in [0.25, 0.3) is 16.8 Å². The molecule has 0 spiro atoms. The van der Waals surface area contributed by atoms with E-state index in [2.05, 4.69) is 47.2 Å². The summed E-state index contributed by atoms with van der Waals surface area (Å²) in [6.45, 7) is 7.20. The molecular weight excluding hydrogens is 615 g/mol. The number of nitrogens with zero attached hydrogens (tertiary/aromatic N) is 1. The maximum atomic E-state index is 13.1. The fourth-order valence-electron chi connectivity index (χ4n) is 4.67. The van der Waals surface area contributed by atoms with E-state index in [0.29, 0.717) is 19.4 Å². The van der Waals surface area contributed by atoms with Gasteiger partial charge in [0.05, 0.1) is 0 Å². The Morgan fingerprint density at radius 1 is 1.07 bits per heavy atom. The van der Waals surface area contributed by atoms with Crippen molar-refractivity contribution in [2.45, 2.75) is 75.3 Å². The quantitative estimate of drug-likeness (QED) is 0.236. The second kappa shape index (κ2) is 15.7. The van der Waals surface area contributed by atoms with Crippen LogP contribution in [0.2, 0.25) is 0 Å². The van der Waals surface area contributed by atoms with Crippen LogP contribution in [-0.4, -0.2) is 63.8 Å². The Balaban J connectivity index is 1.53. The summed E-state index contributed by atoms with van der Waals surface area (Å²) in [6.07, 6.45) is 5.66. The van der Waals surface area contributed by atoms with E-state index in [1.54, 1.807) is 13.0 Å². The minimum Gasteiger partial charge on any atom is -0.460 e. The molecule has 9 nitrogen and oxygen atoms in total. The Bertz CT molecular complexity index is 1340. The van der Waals surface area contributed by atoms with Crippen molar-refractivity contribution in [1.29, 1.82) is 0 Å². The number of fused-ring (bicyclic) bond motifs is 1. The van der Waals surface area contributed by atoms with Gasteiger partial charge in [0.25, 0.3) is 5.91 Å². The van der Waals surface area contributed by atoms with Gasteiger partial charge in [-0.25, -0.2) is 5.43 Å². The van der Waals surface area contributed by atoms with Gasteiger partial charge in [-0.15, -0.1) is 0 Å². The van der Waals surface area contributed by atoms with Crippen molar-refractivity contribution >= 4 is 75.3 Å². The van der Waals surface area contributed by atoms with E-state index >= 15 is 0 Å². The molecule has 3 amide bonds. The summed E-state index contributed by atoms with van der Waals surface area (Å²) in [7, 11) is 0. The number of esters is 1. The van der Waals surface area contributed by atoms with Crippen molar-refractivity contribution in [2.24, 2.45) is 5.92 Å². The number of rotatable bonds is 11. The van der Waals surface area contributed by atoms with Crippen LogP contribution in [0.1, 0.15) is 58.1 Å². The molecule has 1 saturated heterocycles. The van der Waals surface area contributed by atoms with Crippen molar-refractivity contribution in [2.75, 3.05) is 13.2 Å². The Labute approximate surface area is 267 Å². The van der Waals surface area contributed by atoms with Crippen LogP contribution in [0.15, 0.2) is 42.5 Å². The molecule has 0 aliphatic carbocycles. The fourth-order valence-corrected chi connectivity index (χ4v) is 4.84. The van der Waals surface area contributed by atoms with Crippen LogP contribution < -0.4 is 16.1 Å². The van der Waals surface area contributed by atoms with Gasteiger partial charge in [-0.05, 0) is 60.1 Å². The number of ether oxygens (including phenoxy) is 1. The Hall–Kier alpha value is -2.85. The number of nitrogens with one attached hydrogen (secondary N) is 3. The first-order valence-electron chi connectivity index (χ1n) is 14.4. The average molecular weight is 654 g/mol. The molecule has 3 atom stereocenters. The molecular formula is C31H39Cl3N4O5. The van der Waals surface area contributed by atoms with Gasteiger partial charge in [0, 0.05) is 13.0 Å². The summed E-state index contributed by atoms with van der Waals surface area (Å²) >= 11 is 16.9. The number of hydrazine groups is 1. The lowest BCUT2D eigenvalue weighted by molar-refractivity contribution is -0.152. The SMILES string of the molecule is CCc1ccc2ccc(/C=C/CC(=O)NC(C(=O)NC(C)C(=O)N3CCCC(C(=O)OCC(Cl)(Cl)Cl)N3)C(C)C)cc2c1. The standard InChI is InChI=1S/C31H39Cl3N4O5/c1-5-21-11-13-23-14-12-22(17-24(23)16-21)8-6-10-26(39)36-27(19(2)3)28(40)35-20(4)29(41)38-15-7-9-25(37-38)30(42)43-18-31(32,33)34/h6,8,11-14,16-17,19-20,25,27,37H,5,7,9-10,15,18H2,1-4H3,(H,35,40)(H,36,39)/b8-6+. The molecule has 3 unspecified atom stereocenters. The first kappa shape index (κ1) is 34.6. The molecule has 1 aliphatic heterocycles. The third kappa shape index (κ3) is 10.7. The van der Waals surface area contributed by atoms with Gasteiger partial charge in [0.15, 0.2) is 0 Å². The molecule has 1 heterocycles. The van der Waals surface area contributed by atoms with Gasteiger partial charge < -0.3 is 15.4 Å². The van der Waals surface area contributed by atoms with Gasteiger partial charge in [0.2, 0.25) is 15.6 Å². The second-order valence-electron chi connectivity index (χ2n) is 11.0. The van der Waals surface area contributed by atoms with Gasteiger partial charge >= 0.3 is 5.97 Å². The third-order valence-electron chi connectivity index (χ3n) is 7.06. The van der Waals surface area contributed by atoms with E-state index in [9.17, 15) is 19.2 Å². The van der Waals surface area contributed by atoms with E-state index in [0.717, 1.165) is 22.8 Å². The Morgan fingerprint density at radius 3 is 2.47 bits per heavy atom. The maximum absolute atomic E-state index is 13.1. The molecule has 3 N–H and O–H groups in total. The van der Waals surface area contributed by atoms with Crippen LogP contribution in [0.3, 0.4) is 0 Å². The first-order chi connectivity index (χ1) is 20.3. The number of carbonyl (C=O) groups excluding carboxylic acids is 4. The lowest BCUT2D eigenvalue weighted by atomic mass is 10.0. The zero-order chi connectivity index (χ0) is 31.7. The van der Waals surface area contributed by atoms with E-state index < -0.39 is 46.3 Å². The summed E-state index contributed by atoms with van der Waals surface area (Å²) < 4.78 is 3.28. The lowest BCUT2D eigenvalue weighted by Gasteiger charge is -2.34. The molecule has 3 rings (SSSR count). The zero-order valence-corrected chi connectivity index (χ0v) is 27.1. The maximum Gasteiger partial charge on any atom is 0.325 e. The molecule has 0 radical (unpaired) electrons. The molecule has 43 heavy (non-hydrogen) atoms. The summed E-state index contributed by atoms with van der Waals surface area (Å²) in [5.74, 6) is -2.11. The second-order valence-corrected chi connectivity index (χ2v) is 13.5. The number of halogens is 3. The zero-order valence-electron chi connectivity index (χ0n) is 24.8. The largest absolute Gasteiger partial charge is 0.460 e. The third-order valence-corrected chi connectivity index (χ3v) is 7.39. The van der Waals surface area contributed by atoms with Crippen LogP contribution in [0, 0.1) is 5.92 Å². The van der Waals surface area contributed by atoms with Gasteiger partial charge in [-0.3, -0.25) is 24.2 Å². The van der Waals surface area contributed by atoms with Crippen LogP contribution >= 0.6 is 34.8 Å². The van der Waals surface area contributed by atoms with E-state index in [-0.39, 0.29) is 18.2 Å². The molecule has 2 aromatic carbocycles. The number of amides is 3. The predicted molar refractivity (Wildman–Crippen MR) is 170 cm³/mol. The summed E-state index contributed by atoms with van der Waals surface area (Å²) in [5, 5.41) is 9.04. The Kier molecular flexibility index (Phi) is 12.7. The van der Waals surface area contributed by atoms with Gasteiger partial charge in [-0.2, -0.15) is 0 Å². The number of hydrogen-bond donors (Lipinski definition) is 3. The number of carbonyl (C=O) groups is 4. The number of alkyl halides is 3. The normalized spacial score (nSPS) is 17.1. The van der Waals surface area contributed by atoms with Crippen molar-refractivity contribution in [3.8, 4) is 0 Å². The molecule has 2 aromatic rings. The monoisotopic (exact) mass is 652 g/mol. The van der Waals surface area contributed by atoms with Crippen LogP contribution in [0.5, 0.6) is 0 Å². The first-order valence-corrected chi connectivity index (χ1v) is 15.5. The summed E-state index contributed by atoms with van der Waals surface area (Å²) in [6, 6.07) is 9.96. The topological polar surface area (TPSA) is 117 Å². The average Bonchev–Trinajstić information content (AvgIpc) is 2.97. The van der Waals surface area contributed by atoms with Gasteiger partial charge in [0.1, 0.15) is 24.7 Å². The minimum atomic E-state index is -1.74. The lowest BCUT2D eigenvalue weighted by Crippen LogP contribution is -2.61. The summed E-state index contributed by atoms with van der Waals surface area (Å²) in [5.41, 5.74) is 5.07.